The zero-order valence-electron chi connectivity index (χ0n) is 11.4. The van der Waals surface area contributed by atoms with E-state index in [1.807, 2.05) is 36.2 Å². The molecule has 1 heterocycles. The Labute approximate surface area is 123 Å². The topological polar surface area (TPSA) is 23.6 Å². The minimum atomic E-state index is 0.101. The molecule has 104 valence electrons. The standard InChI is InChI=1S/C15H21BrN2O/c1-17(11-12-18-9-3-2-4-10-18)15(19)13-5-7-14(16)8-6-13/h5-8H,2-4,9-12H2,1H3. The van der Waals surface area contributed by atoms with Crippen LogP contribution in [-0.4, -0.2) is 48.9 Å². The highest BCUT2D eigenvalue weighted by Gasteiger charge is 2.14. The summed E-state index contributed by atoms with van der Waals surface area (Å²) in [4.78, 5) is 16.5. The summed E-state index contributed by atoms with van der Waals surface area (Å²) in [5.41, 5.74) is 0.754. The predicted octanol–water partition coefficient (Wildman–Crippen LogP) is 3.01. The molecule has 0 bridgehead atoms. The van der Waals surface area contributed by atoms with Crippen LogP contribution in [0.15, 0.2) is 28.7 Å². The maximum Gasteiger partial charge on any atom is 0.253 e. The fourth-order valence-electron chi connectivity index (χ4n) is 2.39. The number of hydrogen-bond acceptors (Lipinski definition) is 2. The van der Waals surface area contributed by atoms with Crippen molar-refractivity contribution in [2.45, 2.75) is 19.3 Å². The molecule has 0 saturated carbocycles. The van der Waals surface area contributed by atoms with Crippen molar-refractivity contribution >= 4 is 21.8 Å². The molecule has 1 fully saturated rings. The summed E-state index contributed by atoms with van der Waals surface area (Å²) in [6, 6.07) is 7.55. The number of rotatable bonds is 4. The second-order valence-electron chi connectivity index (χ2n) is 5.14. The highest BCUT2D eigenvalue weighted by Crippen LogP contribution is 2.12. The molecule has 1 aromatic rings. The molecule has 19 heavy (non-hydrogen) atoms. The lowest BCUT2D eigenvalue weighted by molar-refractivity contribution is 0.0773. The van der Waals surface area contributed by atoms with Gasteiger partial charge in [-0.3, -0.25) is 4.79 Å². The van der Waals surface area contributed by atoms with Gasteiger partial charge < -0.3 is 9.80 Å². The van der Waals surface area contributed by atoms with E-state index in [4.69, 9.17) is 0 Å². The lowest BCUT2D eigenvalue weighted by atomic mass is 10.1. The lowest BCUT2D eigenvalue weighted by Crippen LogP contribution is -2.38. The molecule has 1 saturated heterocycles. The zero-order valence-corrected chi connectivity index (χ0v) is 13.0. The van der Waals surface area contributed by atoms with Crippen molar-refractivity contribution in [3.05, 3.63) is 34.3 Å². The molecule has 1 amide bonds. The van der Waals surface area contributed by atoms with Gasteiger partial charge in [-0.05, 0) is 50.2 Å². The van der Waals surface area contributed by atoms with Crippen LogP contribution < -0.4 is 0 Å². The largest absolute Gasteiger partial charge is 0.340 e. The highest BCUT2D eigenvalue weighted by molar-refractivity contribution is 9.10. The molecule has 0 aliphatic carbocycles. The van der Waals surface area contributed by atoms with Crippen molar-refractivity contribution < 1.29 is 4.79 Å². The van der Waals surface area contributed by atoms with E-state index in [-0.39, 0.29) is 5.91 Å². The summed E-state index contributed by atoms with van der Waals surface area (Å²) in [6.07, 6.45) is 3.94. The smallest absolute Gasteiger partial charge is 0.253 e. The van der Waals surface area contributed by atoms with Crippen LogP contribution in [0.2, 0.25) is 0 Å². The first-order valence-corrected chi connectivity index (χ1v) is 7.69. The molecule has 0 N–H and O–H groups in total. The van der Waals surface area contributed by atoms with Crippen molar-refractivity contribution in [3.63, 3.8) is 0 Å². The van der Waals surface area contributed by atoms with Gasteiger partial charge in [0.1, 0.15) is 0 Å². The summed E-state index contributed by atoms with van der Waals surface area (Å²) < 4.78 is 1.00. The molecule has 0 atom stereocenters. The summed E-state index contributed by atoms with van der Waals surface area (Å²) in [5.74, 6) is 0.101. The van der Waals surface area contributed by atoms with Gasteiger partial charge in [-0.1, -0.05) is 22.4 Å². The molecular weight excluding hydrogens is 304 g/mol. The monoisotopic (exact) mass is 324 g/mol. The highest BCUT2D eigenvalue weighted by atomic mass is 79.9. The Hall–Kier alpha value is -0.870. The molecule has 1 aliphatic rings. The van der Waals surface area contributed by atoms with Gasteiger partial charge in [0.25, 0.3) is 5.91 Å². The SMILES string of the molecule is CN(CCN1CCCCC1)C(=O)c1ccc(Br)cc1. The minimum absolute atomic E-state index is 0.101. The number of likely N-dealkylation sites (N-methyl/N-ethyl adjacent to an activating group) is 1. The fraction of sp³-hybridized carbons (Fsp3) is 0.533. The maximum absolute atomic E-state index is 12.2. The van der Waals surface area contributed by atoms with Crippen LogP contribution in [0.25, 0.3) is 0 Å². The van der Waals surface area contributed by atoms with Gasteiger partial charge in [-0.2, -0.15) is 0 Å². The molecule has 1 aliphatic heterocycles. The zero-order chi connectivity index (χ0) is 13.7. The van der Waals surface area contributed by atoms with Crippen molar-refractivity contribution in [2.75, 3.05) is 33.2 Å². The Morgan fingerprint density at radius 1 is 1.21 bits per heavy atom. The number of likely N-dealkylation sites (tertiary alicyclic amines) is 1. The molecule has 0 unspecified atom stereocenters. The fourth-order valence-corrected chi connectivity index (χ4v) is 2.65. The summed E-state index contributed by atoms with van der Waals surface area (Å²) >= 11 is 3.38. The van der Waals surface area contributed by atoms with Crippen LogP contribution in [0.1, 0.15) is 29.6 Å². The number of benzene rings is 1. The van der Waals surface area contributed by atoms with E-state index in [1.54, 1.807) is 0 Å². The van der Waals surface area contributed by atoms with Crippen LogP contribution in [0, 0.1) is 0 Å². The first kappa shape index (κ1) is 14.5. The number of carbonyl (C=O) groups is 1. The molecule has 3 nitrogen and oxygen atoms in total. The average molecular weight is 325 g/mol. The van der Waals surface area contributed by atoms with E-state index in [9.17, 15) is 4.79 Å². The van der Waals surface area contributed by atoms with Crippen LogP contribution in [-0.2, 0) is 0 Å². The summed E-state index contributed by atoms with van der Waals surface area (Å²) in [6.45, 7) is 4.15. The quantitative estimate of drug-likeness (QED) is 0.850. The third-order valence-corrected chi connectivity index (χ3v) is 4.17. The summed E-state index contributed by atoms with van der Waals surface area (Å²) in [5, 5.41) is 0. The van der Waals surface area contributed by atoms with Gasteiger partial charge in [-0.25, -0.2) is 0 Å². The predicted molar refractivity (Wildman–Crippen MR) is 81.4 cm³/mol. The molecular formula is C15H21BrN2O. The second-order valence-corrected chi connectivity index (χ2v) is 6.05. The van der Waals surface area contributed by atoms with E-state index >= 15 is 0 Å². The van der Waals surface area contributed by atoms with E-state index in [0.717, 1.165) is 23.1 Å². The molecule has 4 heteroatoms. The number of nitrogens with zero attached hydrogens (tertiary/aromatic N) is 2. The summed E-state index contributed by atoms with van der Waals surface area (Å²) in [7, 11) is 1.88. The Balaban J connectivity index is 1.83. The Kier molecular flexibility index (Phi) is 5.40. The van der Waals surface area contributed by atoms with Crippen molar-refractivity contribution in [2.24, 2.45) is 0 Å². The minimum Gasteiger partial charge on any atom is -0.340 e. The van der Waals surface area contributed by atoms with Gasteiger partial charge in [0.05, 0.1) is 0 Å². The van der Waals surface area contributed by atoms with Crippen LogP contribution in [0.4, 0.5) is 0 Å². The third-order valence-electron chi connectivity index (χ3n) is 3.64. The van der Waals surface area contributed by atoms with Gasteiger partial charge in [0.15, 0.2) is 0 Å². The number of amides is 1. The van der Waals surface area contributed by atoms with Crippen LogP contribution in [0.5, 0.6) is 0 Å². The lowest BCUT2D eigenvalue weighted by Gasteiger charge is -2.28. The Bertz CT molecular complexity index is 413. The van der Waals surface area contributed by atoms with E-state index in [2.05, 4.69) is 20.8 Å². The van der Waals surface area contributed by atoms with Crippen LogP contribution in [0.3, 0.4) is 0 Å². The Morgan fingerprint density at radius 3 is 2.47 bits per heavy atom. The van der Waals surface area contributed by atoms with Gasteiger partial charge in [0, 0.05) is 30.2 Å². The van der Waals surface area contributed by atoms with Crippen molar-refractivity contribution in [1.82, 2.24) is 9.80 Å². The van der Waals surface area contributed by atoms with Crippen LogP contribution >= 0.6 is 15.9 Å². The first-order valence-electron chi connectivity index (χ1n) is 6.90. The van der Waals surface area contributed by atoms with Crippen molar-refractivity contribution in [3.8, 4) is 0 Å². The van der Waals surface area contributed by atoms with E-state index < -0.39 is 0 Å². The third kappa shape index (κ3) is 4.32. The van der Waals surface area contributed by atoms with Gasteiger partial charge in [0.2, 0.25) is 0 Å². The normalized spacial score (nSPS) is 16.3. The Morgan fingerprint density at radius 2 is 1.84 bits per heavy atom. The van der Waals surface area contributed by atoms with E-state index in [0.29, 0.717) is 0 Å². The number of halogens is 1. The maximum atomic E-state index is 12.2. The molecule has 0 spiro atoms. The average Bonchev–Trinajstić information content (AvgIpc) is 2.46. The molecule has 2 rings (SSSR count). The van der Waals surface area contributed by atoms with Crippen molar-refractivity contribution in [1.29, 1.82) is 0 Å². The van der Waals surface area contributed by atoms with Gasteiger partial charge >= 0.3 is 0 Å². The number of carbonyl (C=O) groups excluding carboxylic acids is 1. The number of piperidine rings is 1. The molecule has 0 aromatic heterocycles. The van der Waals surface area contributed by atoms with Gasteiger partial charge in [-0.15, -0.1) is 0 Å². The van der Waals surface area contributed by atoms with E-state index in [1.165, 1.54) is 32.4 Å². The molecule has 1 aromatic carbocycles. The second kappa shape index (κ2) is 7.06. The molecule has 0 radical (unpaired) electrons. The first-order chi connectivity index (χ1) is 9.16. The number of hydrogen-bond donors (Lipinski definition) is 0.